The third-order valence-electron chi connectivity index (χ3n) is 3.11. The first-order valence-corrected chi connectivity index (χ1v) is 7.19. The topological polar surface area (TPSA) is 62.1 Å². The largest absolute Gasteiger partial charge is 0.507 e. The molecule has 0 aromatic heterocycles. The van der Waals surface area contributed by atoms with Gasteiger partial charge >= 0.3 is 0 Å². The zero-order chi connectivity index (χ0) is 13.9. The number of morpholine rings is 1. The first kappa shape index (κ1) is 13.2. The van der Waals surface area contributed by atoms with Crippen LogP contribution in [-0.2, 0) is 9.53 Å². The third kappa shape index (κ3) is 2.71. The summed E-state index contributed by atoms with van der Waals surface area (Å²) < 4.78 is 5.29. The summed E-state index contributed by atoms with van der Waals surface area (Å²) in [6.07, 6.45) is 1.68. The Kier molecular flexibility index (Phi) is 3.75. The Balaban J connectivity index is 1.78. The lowest BCUT2D eigenvalue weighted by Crippen LogP contribution is -2.38. The van der Waals surface area contributed by atoms with E-state index in [9.17, 15) is 9.90 Å². The predicted molar refractivity (Wildman–Crippen MR) is 78.5 cm³/mol. The molecule has 1 saturated heterocycles. The summed E-state index contributed by atoms with van der Waals surface area (Å²) in [5.41, 5.74) is 0.627. The summed E-state index contributed by atoms with van der Waals surface area (Å²) in [5, 5.41) is 10.5. The smallest absolute Gasteiger partial charge is 0.286 e. The molecule has 0 saturated carbocycles. The summed E-state index contributed by atoms with van der Waals surface area (Å²) in [7, 11) is 0. The molecular weight excluding hydrogens is 276 g/mol. The Bertz CT molecular complexity index is 592. The van der Waals surface area contributed by atoms with Gasteiger partial charge in [0.25, 0.3) is 5.91 Å². The van der Waals surface area contributed by atoms with Crippen LogP contribution in [0.1, 0.15) is 5.56 Å². The van der Waals surface area contributed by atoms with E-state index in [1.165, 1.54) is 11.8 Å². The van der Waals surface area contributed by atoms with Crippen molar-refractivity contribution in [1.82, 2.24) is 4.90 Å². The number of aliphatic imine (C=N–C) groups is 1. The average molecular weight is 290 g/mol. The fraction of sp³-hybridized carbons (Fsp3) is 0.286. The average Bonchev–Trinajstić information content (AvgIpc) is 2.84. The van der Waals surface area contributed by atoms with E-state index in [0.717, 1.165) is 18.3 Å². The molecule has 2 heterocycles. The van der Waals surface area contributed by atoms with Crippen molar-refractivity contribution in [3.63, 3.8) is 0 Å². The number of hydrogen-bond donors (Lipinski definition) is 1. The quantitative estimate of drug-likeness (QED) is 0.798. The standard InChI is InChI=1S/C14H14N2O3S/c17-11-4-2-1-3-10(11)9-12-13(18)15-14(20-12)16-5-7-19-8-6-16/h1-4,9,17H,5-8H2. The van der Waals surface area contributed by atoms with Crippen molar-refractivity contribution in [2.45, 2.75) is 0 Å². The van der Waals surface area contributed by atoms with Crippen molar-refractivity contribution in [3.05, 3.63) is 34.7 Å². The summed E-state index contributed by atoms with van der Waals surface area (Å²) >= 11 is 1.35. The van der Waals surface area contributed by atoms with Gasteiger partial charge in [0.1, 0.15) is 5.75 Å². The number of aromatic hydroxyl groups is 1. The molecule has 20 heavy (non-hydrogen) atoms. The number of thioether (sulfide) groups is 1. The van der Waals surface area contributed by atoms with Gasteiger partial charge in [0.2, 0.25) is 0 Å². The Hall–Kier alpha value is -1.79. The third-order valence-corrected chi connectivity index (χ3v) is 4.16. The Morgan fingerprint density at radius 2 is 2.05 bits per heavy atom. The first-order chi connectivity index (χ1) is 9.74. The highest BCUT2D eigenvalue weighted by Gasteiger charge is 2.27. The summed E-state index contributed by atoms with van der Waals surface area (Å²) in [6.45, 7) is 2.82. The minimum absolute atomic E-state index is 0.160. The lowest BCUT2D eigenvalue weighted by atomic mass is 10.2. The number of rotatable bonds is 1. The van der Waals surface area contributed by atoms with E-state index >= 15 is 0 Å². The maximum atomic E-state index is 11.9. The SMILES string of the molecule is O=C1N=C(N2CCOCC2)SC1=Cc1ccccc1O. The second kappa shape index (κ2) is 5.68. The molecule has 0 spiro atoms. The van der Waals surface area contributed by atoms with Gasteiger partial charge in [-0.15, -0.1) is 0 Å². The minimum atomic E-state index is -0.250. The molecule has 0 bridgehead atoms. The lowest BCUT2D eigenvalue weighted by Gasteiger charge is -2.27. The van der Waals surface area contributed by atoms with Crippen LogP contribution in [0.3, 0.4) is 0 Å². The zero-order valence-electron chi connectivity index (χ0n) is 10.8. The highest BCUT2D eigenvalue weighted by atomic mass is 32.2. The van der Waals surface area contributed by atoms with Gasteiger partial charge in [0.15, 0.2) is 5.17 Å². The number of carbonyl (C=O) groups is 1. The van der Waals surface area contributed by atoms with E-state index < -0.39 is 0 Å². The van der Waals surface area contributed by atoms with Gasteiger partial charge in [-0.25, -0.2) is 0 Å². The van der Waals surface area contributed by atoms with Crippen molar-refractivity contribution >= 4 is 28.9 Å². The van der Waals surface area contributed by atoms with Crippen molar-refractivity contribution in [3.8, 4) is 5.75 Å². The lowest BCUT2D eigenvalue weighted by molar-refractivity contribution is -0.113. The van der Waals surface area contributed by atoms with Crippen molar-refractivity contribution < 1.29 is 14.6 Å². The van der Waals surface area contributed by atoms with Gasteiger partial charge in [-0.3, -0.25) is 4.79 Å². The number of phenolic OH excluding ortho intramolecular Hbond substituents is 1. The highest BCUT2D eigenvalue weighted by Crippen LogP contribution is 2.32. The second-order valence-electron chi connectivity index (χ2n) is 4.47. The molecule has 0 aliphatic carbocycles. The fourth-order valence-corrected chi connectivity index (χ4v) is 2.99. The zero-order valence-corrected chi connectivity index (χ0v) is 11.6. The van der Waals surface area contributed by atoms with Gasteiger partial charge < -0.3 is 14.7 Å². The van der Waals surface area contributed by atoms with E-state index in [1.807, 2.05) is 6.07 Å². The van der Waals surface area contributed by atoms with Crippen LogP contribution in [0.4, 0.5) is 0 Å². The summed E-state index contributed by atoms with van der Waals surface area (Å²) in [6, 6.07) is 6.93. The van der Waals surface area contributed by atoms with E-state index in [1.54, 1.807) is 24.3 Å². The number of phenols is 1. The Morgan fingerprint density at radius 1 is 1.30 bits per heavy atom. The molecule has 1 fully saturated rings. The molecule has 1 N–H and O–H groups in total. The molecule has 0 radical (unpaired) electrons. The molecular formula is C14H14N2O3S. The highest BCUT2D eigenvalue weighted by molar-refractivity contribution is 8.18. The molecule has 0 unspecified atom stereocenters. The number of ether oxygens (including phenoxy) is 1. The van der Waals surface area contributed by atoms with Crippen LogP contribution >= 0.6 is 11.8 Å². The van der Waals surface area contributed by atoms with Gasteiger partial charge in [-0.1, -0.05) is 18.2 Å². The van der Waals surface area contributed by atoms with Crippen molar-refractivity contribution in [1.29, 1.82) is 0 Å². The number of amides is 1. The van der Waals surface area contributed by atoms with E-state index in [0.29, 0.717) is 23.7 Å². The molecule has 1 aromatic carbocycles. The van der Waals surface area contributed by atoms with Gasteiger partial charge in [0, 0.05) is 18.7 Å². The summed E-state index contributed by atoms with van der Waals surface area (Å²) in [5.74, 6) is -0.0898. The van der Waals surface area contributed by atoms with E-state index in [4.69, 9.17) is 4.74 Å². The number of benzene rings is 1. The number of amidine groups is 1. The molecule has 104 valence electrons. The first-order valence-electron chi connectivity index (χ1n) is 6.37. The van der Waals surface area contributed by atoms with E-state index in [-0.39, 0.29) is 11.7 Å². The Morgan fingerprint density at radius 3 is 2.80 bits per heavy atom. The van der Waals surface area contributed by atoms with E-state index in [2.05, 4.69) is 9.89 Å². The number of para-hydroxylation sites is 1. The van der Waals surface area contributed by atoms with Crippen LogP contribution < -0.4 is 0 Å². The number of hydrogen-bond acceptors (Lipinski definition) is 5. The molecule has 5 nitrogen and oxygen atoms in total. The van der Waals surface area contributed by atoms with Crippen LogP contribution in [0.15, 0.2) is 34.2 Å². The second-order valence-corrected chi connectivity index (χ2v) is 5.48. The summed E-state index contributed by atoms with van der Waals surface area (Å²) in [4.78, 5) is 18.6. The van der Waals surface area contributed by atoms with Gasteiger partial charge in [-0.05, 0) is 23.9 Å². The van der Waals surface area contributed by atoms with Crippen LogP contribution in [-0.4, -0.2) is 47.4 Å². The van der Waals surface area contributed by atoms with Gasteiger partial charge in [0.05, 0.1) is 18.1 Å². The van der Waals surface area contributed by atoms with Crippen molar-refractivity contribution in [2.24, 2.45) is 4.99 Å². The Labute approximate surface area is 120 Å². The molecule has 1 amide bonds. The maximum Gasteiger partial charge on any atom is 0.286 e. The molecule has 1 aromatic rings. The molecule has 2 aliphatic rings. The molecule has 0 atom stereocenters. The van der Waals surface area contributed by atoms with Crippen molar-refractivity contribution in [2.75, 3.05) is 26.3 Å². The normalized spacial score (nSPS) is 21.4. The van der Waals surface area contributed by atoms with Gasteiger partial charge in [-0.2, -0.15) is 4.99 Å². The monoisotopic (exact) mass is 290 g/mol. The maximum absolute atomic E-state index is 11.9. The predicted octanol–water partition coefficient (Wildman–Crippen LogP) is 1.69. The van der Waals surface area contributed by atoms with Crippen LogP contribution in [0.5, 0.6) is 5.75 Å². The van der Waals surface area contributed by atoms with Crippen LogP contribution in [0.25, 0.3) is 6.08 Å². The fourth-order valence-electron chi connectivity index (χ4n) is 2.04. The molecule has 6 heteroatoms. The molecule has 3 rings (SSSR count). The minimum Gasteiger partial charge on any atom is -0.507 e. The van der Waals surface area contributed by atoms with Crippen LogP contribution in [0, 0.1) is 0 Å². The molecule has 2 aliphatic heterocycles. The van der Waals surface area contributed by atoms with Crippen LogP contribution in [0.2, 0.25) is 0 Å². The number of nitrogens with zero attached hydrogens (tertiary/aromatic N) is 2. The number of carbonyl (C=O) groups excluding carboxylic acids is 1.